The first-order valence-corrected chi connectivity index (χ1v) is 6.72. The summed E-state index contributed by atoms with van der Waals surface area (Å²) in [5.41, 5.74) is -0.445. The summed E-state index contributed by atoms with van der Waals surface area (Å²) in [5.74, 6) is -1.06. The molecule has 2 rings (SSSR count). The fourth-order valence-electron chi connectivity index (χ4n) is 2.46. The number of nitrogens with zero attached hydrogens (tertiary/aromatic N) is 1. The zero-order valence-electron chi connectivity index (χ0n) is 12.1. The molecule has 6 nitrogen and oxygen atoms in total. The Morgan fingerprint density at radius 2 is 2.05 bits per heavy atom. The molecule has 1 amide bonds. The SMILES string of the molecule is CO[C@H]1CN(C(=O)OCc2ccccc2)[C@](C)(C(=O)O)C1. The number of ether oxygens (including phenoxy) is 2. The summed E-state index contributed by atoms with van der Waals surface area (Å²) in [6, 6.07) is 9.25. The Morgan fingerprint density at radius 3 is 2.62 bits per heavy atom. The maximum Gasteiger partial charge on any atom is 0.411 e. The van der Waals surface area contributed by atoms with Gasteiger partial charge in [0.05, 0.1) is 12.6 Å². The van der Waals surface area contributed by atoms with Crippen LogP contribution in [0.25, 0.3) is 0 Å². The molecule has 1 fully saturated rings. The molecule has 0 spiro atoms. The number of likely N-dealkylation sites (tertiary alicyclic amines) is 1. The van der Waals surface area contributed by atoms with Crippen molar-refractivity contribution in [2.24, 2.45) is 0 Å². The van der Waals surface area contributed by atoms with Crippen molar-refractivity contribution < 1.29 is 24.2 Å². The molecular formula is C15H19NO5. The van der Waals surface area contributed by atoms with E-state index in [0.29, 0.717) is 0 Å². The molecule has 6 heteroatoms. The Labute approximate surface area is 123 Å². The zero-order chi connectivity index (χ0) is 15.5. The van der Waals surface area contributed by atoms with Crippen LogP contribution in [0.4, 0.5) is 4.79 Å². The largest absolute Gasteiger partial charge is 0.480 e. The lowest BCUT2D eigenvalue weighted by molar-refractivity contribution is -0.148. The van der Waals surface area contributed by atoms with Gasteiger partial charge in [-0.3, -0.25) is 4.90 Å². The Hall–Kier alpha value is -2.08. The third-order valence-electron chi connectivity index (χ3n) is 3.83. The summed E-state index contributed by atoms with van der Waals surface area (Å²) in [6.07, 6.45) is -0.683. The van der Waals surface area contributed by atoms with Crippen molar-refractivity contribution >= 4 is 12.1 Å². The molecule has 1 N–H and O–H groups in total. The number of carboxylic acids is 1. The molecule has 2 atom stereocenters. The van der Waals surface area contributed by atoms with Crippen LogP contribution in [0.2, 0.25) is 0 Å². The van der Waals surface area contributed by atoms with Crippen molar-refractivity contribution in [2.45, 2.75) is 31.6 Å². The molecule has 21 heavy (non-hydrogen) atoms. The maximum atomic E-state index is 12.2. The second-order valence-corrected chi connectivity index (χ2v) is 5.29. The van der Waals surface area contributed by atoms with E-state index in [1.165, 1.54) is 18.9 Å². The minimum Gasteiger partial charge on any atom is -0.480 e. The molecule has 0 saturated carbocycles. The van der Waals surface area contributed by atoms with E-state index in [1.807, 2.05) is 30.3 Å². The molecule has 1 aromatic carbocycles. The second kappa shape index (κ2) is 6.13. The number of amides is 1. The van der Waals surface area contributed by atoms with Gasteiger partial charge in [0.25, 0.3) is 0 Å². The Kier molecular flexibility index (Phi) is 4.47. The number of benzene rings is 1. The van der Waals surface area contributed by atoms with E-state index in [0.717, 1.165) is 5.56 Å². The van der Waals surface area contributed by atoms with Gasteiger partial charge in [0, 0.05) is 13.5 Å². The molecule has 1 saturated heterocycles. The summed E-state index contributed by atoms with van der Waals surface area (Å²) in [7, 11) is 1.51. The van der Waals surface area contributed by atoms with Gasteiger partial charge in [0.15, 0.2) is 0 Å². The van der Waals surface area contributed by atoms with E-state index in [4.69, 9.17) is 9.47 Å². The predicted molar refractivity (Wildman–Crippen MR) is 74.8 cm³/mol. The molecular weight excluding hydrogens is 274 g/mol. The van der Waals surface area contributed by atoms with Crippen molar-refractivity contribution in [3.63, 3.8) is 0 Å². The van der Waals surface area contributed by atoms with Crippen LogP contribution in [0, 0.1) is 0 Å². The predicted octanol–water partition coefficient (Wildman–Crippen LogP) is 1.89. The van der Waals surface area contributed by atoms with Gasteiger partial charge in [0.1, 0.15) is 12.1 Å². The number of hydrogen-bond acceptors (Lipinski definition) is 4. The fourth-order valence-corrected chi connectivity index (χ4v) is 2.46. The summed E-state index contributed by atoms with van der Waals surface area (Å²) < 4.78 is 10.4. The van der Waals surface area contributed by atoms with Crippen LogP contribution in [-0.2, 0) is 20.9 Å². The molecule has 0 radical (unpaired) electrons. The highest BCUT2D eigenvalue weighted by Crippen LogP contribution is 2.31. The van der Waals surface area contributed by atoms with E-state index in [1.54, 1.807) is 0 Å². The third-order valence-corrected chi connectivity index (χ3v) is 3.83. The Bertz CT molecular complexity index is 518. The summed E-state index contributed by atoms with van der Waals surface area (Å²) in [4.78, 5) is 24.9. The van der Waals surface area contributed by atoms with Gasteiger partial charge in [-0.15, -0.1) is 0 Å². The molecule has 0 aliphatic carbocycles. The second-order valence-electron chi connectivity index (χ2n) is 5.29. The molecule has 1 aliphatic heterocycles. The highest BCUT2D eigenvalue weighted by molar-refractivity contribution is 5.84. The van der Waals surface area contributed by atoms with Gasteiger partial charge in [-0.05, 0) is 12.5 Å². The number of methoxy groups -OCH3 is 1. The first-order valence-electron chi connectivity index (χ1n) is 6.72. The first-order chi connectivity index (χ1) is 9.97. The van der Waals surface area contributed by atoms with Crippen molar-refractivity contribution in [3.8, 4) is 0 Å². The molecule has 1 aromatic rings. The molecule has 0 aromatic heterocycles. The van der Waals surface area contributed by atoms with E-state index in [9.17, 15) is 14.7 Å². The monoisotopic (exact) mass is 293 g/mol. The minimum atomic E-state index is -1.30. The zero-order valence-corrected chi connectivity index (χ0v) is 12.1. The van der Waals surface area contributed by atoms with Crippen LogP contribution >= 0.6 is 0 Å². The van der Waals surface area contributed by atoms with Crippen molar-refractivity contribution in [1.29, 1.82) is 0 Å². The van der Waals surface area contributed by atoms with Gasteiger partial charge >= 0.3 is 12.1 Å². The van der Waals surface area contributed by atoms with E-state index in [-0.39, 0.29) is 25.7 Å². The summed E-state index contributed by atoms with van der Waals surface area (Å²) in [6.45, 7) is 1.84. The summed E-state index contributed by atoms with van der Waals surface area (Å²) in [5, 5.41) is 9.39. The van der Waals surface area contributed by atoms with E-state index in [2.05, 4.69) is 0 Å². The quantitative estimate of drug-likeness (QED) is 0.917. The lowest BCUT2D eigenvalue weighted by Gasteiger charge is -2.29. The topological polar surface area (TPSA) is 76.1 Å². The number of hydrogen-bond donors (Lipinski definition) is 1. The van der Waals surface area contributed by atoms with Gasteiger partial charge in [-0.25, -0.2) is 9.59 Å². The number of rotatable bonds is 4. The standard InChI is InChI=1S/C15H19NO5/c1-15(13(17)18)8-12(20-2)9-16(15)14(19)21-10-11-6-4-3-5-7-11/h3-7,12H,8-10H2,1-2H3,(H,17,18)/t12-,15+/m1/s1. The summed E-state index contributed by atoms with van der Waals surface area (Å²) >= 11 is 0. The number of carbonyl (C=O) groups is 2. The van der Waals surface area contributed by atoms with Gasteiger partial charge < -0.3 is 14.6 Å². The van der Waals surface area contributed by atoms with Crippen molar-refractivity contribution in [1.82, 2.24) is 4.90 Å². The third kappa shape index (κ3) is 3.16. The van der Waals surface area contributed by atoms with Crippen LogP contribution in [0.5, 0.6) is 0 Å². The normalized spacial score (nSPS) is 24.9. The van der Waals surface area contributed by atoms with Crippen LogP contribution < -0.4 is 0 Å². The van der Waals surface area contributed by atoms with Gasteiger partial charge in [0.2, 0.25) is 0 Å². The lowest BCUT2D eigenvalue weighted by Crippen LogP contribution is -2.50. The van der Waals surface area contributed by atoms with Gasteiger partial charge in [-0.1, -0.05) is 30.3 Å². The molecule has 0 unspecified atom stereocenters. The van der Waals surface area contributed by atoms with Crippen molar-refractivity contribution in [3.05, 3.63) is 35.9 Å². The van der Waals surface area contributed by atoms with Gasteiger partial charge in [-0.2, -0.15) is 0 Å². The number of carbonyl (C=O) groups excluding carboxylic acids is 1. The molecule has 1 heterocycles. The average molecular weight is 293 g/mol. The number of aliphatic carboxylic acids is 1. The van der Waals surface area contributed by atoms with E-state index < -0.39 is 17.6 Å². The highest BCUT2D eigenvalue weighted by Gasteiger charge is 2.51. The fraction of sp³-hybridized carbons (Fsp3) is 0.467. The molecule has 1 aliphatic rings. The van der Waals surface area contributed by atoms with Crippen molar-refractivity contribution in [2.75, 3.05) is 13.7 Å². The Balaban J connectivity index is 2.04. The number of carboxylic acid groups (broad SMARTS) is 1. The first kappa shape index (κ1) is 15.3. The van der Waals surface area contributed by atoms with Crippen LogP contribution in [0.1, 0.15) is 18.9 Å². The average Bonchev–Trinajstić information content (AvgIpc) is 2.84. The Morgan fingerprint density at radius 1 is 1.38 bits per heavy atom. The van der Waals surface area contributed by atoms with Crippen LogP contribution in [0.15, 0.2) is 30.3 Å². The maximum absolute atomic E-state index is 12.2. The van der Waals surface area contributed by atoms with Crippen LogP contribution in [0.3, 0.4) is 0 Å². The van der Waals surface area contributed by atoms with E-state index >= 15 is 0 Å². The lowest BCUT2D eigenvalue weighted by atomic mass is 9.99. The smallest absolute Gasteiger partial charge is 0.411 e. The molecule has 114 valence electrons. The minimum absolute atomic E-state index is 0.115. The molecule has 0 bridgehead atoms. The van der Waals surface area contributed by atoms with Crippen LogP contribution in [-0.4, -0.2) is 47.4 Å². The highest BCUT2D eigenvalue weighted by atomic mass is 16.6.